The van der Waals surface area contributed by atoms with E-state index in [1.807, 2.05) is 18.2 Å². The predicted octanol–water partition coefficient (Wildman–Crippen LogP) is 9.76. The number of H-pyrrole nitrogens is 2. The first-order chi connectivity index (χ1) is 21.7. The van der Waals surface area contributed by atoms with Crippen molar-refractivity contribution in [1.29, 1.82) is 0 Å². The van der Waals surface area contributed by atoms with Crippen LogP contribution in [0.1, 0.15) is 22.8 Å². The third kappa shape index (κ3) is 4.61. The smallest absolute Gasteiger partial charge is 0.0908 e. The maximum atomic E-state index is 5.30. The number of rotatable bonds is 4. The SMILES string of the molecule is CN(c1ccccc1)c1c2nc(c(-c3ccccc3)c3ccc(cc4nc(c(-c5ccccc5)c5ccc1[nH]5)C=C4)[nH]3)C=C2. The molecule has 0 aliphatic carbocycles. The van der Waals surface area contributed by atoms with E-state index in [-0.39, 0.29) is 0 Å². The molecule has 0 radical (unpaired) electrons. The molecule has 8 rings (SSSR count). The Morgan fingerprint density at radius 3 is 1.75 bits per heavy atom. The van der Waals surface area contributed by atoms with Crippen molar-refractivity contribution in [3.63, 3.8) is 0 Å². The quantitative estimate of drug-likeness (QED) is 0.223. The standard InChI is InChI=1S/C39H29N5/c1-44(30-15-9-4-10-16-30)39-35-23-21-33(42-35)37(26-11-5-2-6-12-26)31-19-17-28(40-31)25-29-18-20-32(41-29)38(27-13-7-3-8-14-27)34-22-24-36(39)43-34/h2-25,40,43H,1H3. The predicted molar refractivity (Wildman–Crippen MR) is 184 cm³/mol. The van der Waals surface area contributed by atoms with Crippen LogP contribution in [0.5, 0.6) is 0 Å². The first-order valence-electron chi connectivity index (χ1n) is 14.7. The number of hydrogen-bond donors (Lipinski definition) is 2. The lowest BCUT2D eigenvalue weighted by molar-refractivity contribution is 1.18. The van der Waals surface area contributed by atoms with E-state index < -0.39 is 0 Å². The minimum Gasteiger partial charge on any atom is -0.355 e. The van der Waals surface area contributed by atoms with Gasteiger partial charge in [0.05, 0.1) is 34.0 Å². The second-order valence-electron chi connectivity index (χ2n) is 11.0. The summed E-state index contributed by atoms with van der Waals surface area (Å²) in [5.41, 5.74) is 13.9. The van der Waals surface area contributed by atoms with Gasteiger partial charge in [0.15, 0.2) is 0 Å². The summed E-state index contributed by atoms with van der Waals surface area (Å²) in [5, 5.41) is 0. The lowest BCUT2D eigenvalue weighted by Crippen LogP contribution is -2.11. The summed E-state index contributed by atoms with van der Waals surface area (Å²) in [6.45, 7) is 0. The average molecular weight is 568 g/mol. The summed E-state index contributed by atoms with van der Waals surface area (Å²) in [6, 6.07) is 41.9. The van der Waals surface area contributed by atoms with E-state index in [2.05, 4.69) is 149 Å². The van der Waals surface area contributed by atoms with Crippen molar-refractivity contribution >= 4 is 57.7 Å². The van der Waals surface area contributed by atoms with Crippen LogP contribution < -0.4 is 4.90 Å². The Hall–Kier alpha value is -5.94. The molecule has 8 bridgehead atoms. The summed E-state index contributed by atoms with van der Waals surface area (Å²) in [5.74, 6) is 0. The van der Waals surface area contributed by atoms with Crippen LogP contribution in [0.4, 0.5) is 11.4 Å². The zero-order valence-corrected chi connectivity index (χ0v) is 24.2. The normalized spacial score (nSPS) is 12.0. The second-order valence-corrected chi connectivity index (χ2v) is 11.0. The molecule has 0 saturated carbocycles. The fraction of sp³-hybridized carbons (Fsp3) is 0.0256. The Bertz CT molecular complexity index is 2190. The number of benzene rings is 3. The molecule has 5 heterocycles. The average Bonchev–Trinajstić information content (AvgIpc) is 3.90. The van der Waals surface area contributed by atoms with Crippen molar-refractivity contribution in [2.75, 3.05) is 11.9 Å². The molecule has 0 atom stereocenters. The molecular weight excluding hydrogens is 538 g/mol. The Balaban J connectivity index is 1.52. The zero-order valence-electron chi connectivity index (χ0n) is 24.2. The van der Waals surface area contributed by atoms with E-state index in [9.17, 15) is 0 Å². The Morgan fingerprint density at radius 1 is 0.500 bits per heavy atom. The molecule has 0 fully saturated rings. The van der Waals surface area contributed by atoms with Crippen LogP contribution in [0, 0.1) is 0 Å². The highest BCUT2D eigenvalue weighted by Crippen LogP contribution is 2.37. The number of aromatic nitrogens is 4. The third-order valence-electron chi connectivity index (χ3n) is 8.15. The molecule has 5 nitrogen and oxygen atoms in total. The van der Waals surface area contributed by atoms with Crippen LogP contribution >= 0.6 is 0 Å². The van der Waals surface area contributed by atoms with Gasteiger partial charge in [0, 0.05) is 40.4 Å². The molecule has 5 heteroatoms. The van der Waals surface area contributed by atoms with Gasteiger partial charge < -0.3 is 14.9 Å². The molecule has 210 valence electrons. The molecule has 3 aromatic heterocycles. The molecule has 2 aliphatic heterocycles. The van der Waals surface area contributed by atoms with Crippen molar-refractivity contribution in [3.8, 4) is 22.3 Å². The summed E-state index contributed by atoms with van der Waals surface area (Å²) in [6.07, 6.45) is 8.42. The van der Waals surface area contributed by atoms with Gasteiger partial charge in [-0.25, -0.2) is 9.97 Å². The van der Waals surface area contributed by atoms with Gasteiger partial charge in [-0.2, -0.15) is 0 Å². The monoisotopic (exact) mass is 567 g/mol. The van der Waals surface area contributed by atoms with Crippen molar-refractivity contribution in [2.24, 2.45) is 0 Å². The van der Waals surface area contributed by atoms with Crippen LogP contribution in [0.15, 0.2) is 121 Å². The number of aromatic amines is 2. The molecule has 0 spiro atoms. The maximum Gasteiger partial charge on any atom is 0.0908 e. The summed E-state index contributed by atoms with van der Waals surface area (Å²) < 4.78 is 0. The first kappa shape index (κ1) is 25.7. The topological polar surface area (TPSA) is 60.6 Å². The maximum absolute atomic E-state index is 5.30. The minimum absolute atomic E-state index is 0.883. The number of anilines is 2. The second kappa shape index (κ2) is 10.7. The fourth-order valence-electron chi connectivity index (χ4n) is 6.07. The summed E-state index contributed by atoms with van der Waals surface area (Å²) in [7, 11) is 2.10. The van der Waals surface area contributed by atoms with Gasteiger partial charge in [-0.15, -0.1) is 0 Å². The number of hydrogen-bond acceptors (Lipinski definition) is 3. The first-order valence-corrected chi connectivity index (χ1v) is 14.7. The van der Waals surface area contributed by atoms with Crippen molar-refractivity contribution in [3.05, 3.63) is 144 Å². The molecule has 0 unspecified atom stereocenters. The molecule has 0 amide bonds. The van der Waals surface area contributed by atoms with E-state index >= 15 is 0 Å². The van der Waals surface area contributed by atoms with Crippen molar-refractivity contribution in [2.45, 2.75) is 0 Å². The molecule has 6 aromatic rings. The lowest BCUT2D eigenvalue weighted by atomic mass is 10.0. The Kier molecular flexibility index (Phi) is 6.27. The molecule has 2 aliphatic rings. The third-order valence-corrected chi connectivity index (χ3v) is 8.15. The van der Waals surface area contributed by atoms with Crippen LogP contribution in [0.2, 0.25) is 0 Å². The van der Waals surface area contributed by atoms with Gasteiger partial charge in [-0.05, 0) is 77.9 Å². The van der Waals surface area contributed by atoms with Gasteiger partial charge in [0.2, 0.25) is 0 Å². The molecule has 3 aromatic carbocycles. The summed E-state index contributed by atoms with van der Waals surface area (Å²) >= 11 is 0. The minimum atomic E-state index is 0.883. The number of nitrogens with zero attached hydrogens (tertiary/aromatic N) is 3. The van der Waals surface area contributed by atoms with Crippen molar-refractivity contribution in [1.82, 2.24) is 19.9 Å². The van der Waals surface area contributed by atoms with Crippen LogP contribution in [-0.4, -0.2) is 27.0 Å². The Morgan fingerprint density at radius 2 is 1.05 bits per heavy atom. The lowest BCUT2D eigenvalue weighted by Gasteiger charge is -2.20. The van der Waals surface area contributed by atoms with Gasteiger partial charge in [0.1, 0.15) is 0 Å². The van der Waals surface area contributed by atoms with Crippen LogP contribution in [0.3, 0.4) is 0 Å². The number of nitrogens with one attached hydrogen (secondary N) is 2. The fourth-order valence-corrected chi connectivity index (χ4v) is 6.07. The Labute approximate surface area is 255 Å². The number of fused-ring (bicyclic) bond motifs is 8. The van der Waals surface area contributed by atoms with E-state index in [0.29, 0.717) is 0 Å². The van der Waals surface area contributed by atoms with Gasteiger partial charge in [-0.3, -0.25) is 0 Å². The molecular formula is C39H29N5. The van der Waals surface area contributed by atoms with E-state index in [1.165, 1.54) is 0 Å². The van der Waals surface area contributed by atoms with E-state index in [1.54, 1.807) is 0 Å². The summed E-state index contributed by atoms with van der Waals surface area (Å²) in [4.78, 5) is 20.0. The highest BCUT2D eigenvalue weighted by Gasteiger charge is 2.18. The van der Waals surface area contributed by atoms with Crippen molar-refractivity contribution < 1.29 is 0 Å². The molecule has 44 heavy (non-hydrogen) atoms. The van der Waals surface area contributed by atoms with Gasteiger partial charge in [-0.1, -0.05) is 78.9 Å². The van der Waals surface area contributed by atoms with Gasteiger partial charge >= 0.3 is 0 Å². The van der Waals surface area contributed by atoms with Crippen LogP contribution in [0.25, 0.3) is 68.6 Å². The van der Waals surface area contributed by atoms with Gasteiger partial charge in [0.25, 0.3) is 0 Å². The zero-order chi connectivity index (χ0) is 29.5. The van der Waals surface area contributed by atoms with E-state index in [0.717, 1.165) is 78.5 Å². The highest BCUT2D eigenvalue weighted by atomic mass is 15.1. The molecule has 0 saturated heterocycles. The number of para-hydroxylation sites is 1. The largest absolute Gasteiger partial charge is 0.355 e. The molecule has 2 N–H and O–H groups in total. The van der Waals surface area contributed by atoms with E-state index in [4.69, 9.17) is 9.97 Å². The van der Waals surface area contributed by atoms with Crippen LogP contribution in [-0.2, 0) is 0 Å². The highest BCUT2D eigenvalue weighted by molar-refractivity contribution is 5.97.